The molecule has 4 rings (SSSR count). The molecule has 1 atom stereocenters. The Morgan fingerprint density at radius 2 is 2.12 bits per heavy atom. The first-order chi connectivity index (χ1) is 12.2. The number of anilines is 1. The Morgan fingerprint density at radius 3 is 2.96 bits per heavy atom. The number of nitrogens with zero attached hydrogens (tertiary/aromatic N) is 4. The first-order valence-corrected chi connectivity index (χ1v) is 8.55. The SMILES string of the molecule is Cn1ncc2c(NC3CCN(C(=O)Cc4ccccc4)C3)ccnc21. The number of carbonyl (C=O) groups excluding carboxylic acids is 1. The molecule has 0 saturated carbocycles. The van der Waals surface area contributed by atoms with Crippen LogP contribution in [-0.2, 0) is 18.3 Å². The highest BCUT2D eigenvalue weighted by atomic mass is 16.2. The zero-order valence-electron chi connectivity index (χ0n) is 14.2. The number of rotatable bonds is 4. The zero-order chi connectivity index (χ0) is 17.2. The highest BCUT2D eigenvalue weighted by molar-refractivity contribution is 5.88. The normalized spacial score (nSPS) is 17.2. The van der Waals surface area contributed by atoms with Crippen molar-refractivity contribution >= 4 is 22.6 Å². The zero-order valence-corrected chi connectivity index (χ0v) is 14.2. The van der Waals surface area contributed by atoms with Crippen molar-refractivity contribution in [1.82, 2.24) is 19.7 Å². The smallest absolute Gasteiger partial charge is 0.227 e. The Morgan fingerprint density at radius 1 is 1.28 bits per heavy atom. The number of likely N-dealkylation sites (tertiary alicyclic amines) is 1. The van der Waals surface area contributed by atoms with Crippen molar-refractivity contribution in [1.29, 1.82) is 0 Å². The van der Waals surface area contributed by atoms with E-state index in [2.05, 4.69) is 15.4 Å². The van der Waals surface area contributed by atoms with Crippen molar-refractivity contribution in [3.05, 3.63) is 54.4 Å². The van der Waals surface area contributed by atoms with Gasteiger partial charge < -0.3 is 10.2 Å². The lowest BCUT2D eigenvalue weighted by molar-refractivity contribution is -0.129. The summed E-state index contributed by atoms with van der Waals surface area (Å²) < 4.78 is 1.77. The van der Waals surface area contributed by atoms with Crippen molar-refractivity contribution in [3.63, 3.8) is 0 Å². The molecule has 1 N–H and O–H groups in total. The predicted octanol–water partition coefficient (Wildman–Crippen LogP) is 2.22. The lowest BCUT2D eigenvalue weighted by atomic mass is 10.1. The molecular formula is C19H21N5O. The van der Waals surface area contributed by atoms with Crippen molar-refractivity contribution in [2.75, 3.05) is 18.4 Å². The summed E-state index contributed by atoms with van der Waals surface area (Å²) in [6.07, 6.45) is 5.04. The molecule has 1 aromatic carbocycles. The molecule has 0 radical (unpaired) electrons. The van der Waals surface area contributed by atoms with E-state index in [4.69, 9.17) is 0 Å². The molecule has 0 bridgehead atoms. The Hall–Kier alpha value is -2.89. The fourth-order valence-corrected chi connectivity index (χ4v) is 3.38. The monoisotopic (exact) mass is 335 g/mol. The number of fused-ring (bicyclic) bond motifs is 1. The maximum Gasteiger partial charge on any atom is 0.227 e. The molecular weight excluding hydrogens is 314 g/mol. The van der Waals surface area contributed by atoms with E-state index in [1.54, 1.807) is 10.9 Å². The van der Waals surface area contributed by atoms with Gasteiger partial charge in [-0.2, -0.15) is 5.10 Å². The van der Waals surface area contributed by atoms with Gasteiger partial charge in [0.15, 0.2) is 5.65 Å². The Kier molecular flexibility index (Phi) is 4.09. The highest BCUT2D eigenvalue weighted by Gasteiger charge is 2.26. The molecule has 25 heavy (non-hydrogen) atoms. The Labute approximate surface area is 146 Å². The highest BCUT2D eigenvalue weighted by Crippen LogP contribution is 2.23. The first kappa shape index (κ1) is 15.6. The minimum absolute atomic E-state index is 0.191. The summed E-state index contributed by atoms with van der Waals surface area (Å²) in [6, 6.07) is 12.1. The van der Waals surface area contributed by atoms with E-state index in [9.17, 15) is 4.79 Å². The van der Waals surface area contributed by atoms with Crippen LogP contribution in [0.4, 0.5) is 5.69 Å². The Bertz CT molecular complexity index is 889. The molecule has 2 aromatic heterocycles. The van der Waals surface area contributed by atoms with Crippen molar-refractivity contribution in [2.24, 2.45) is 7.05 Å². The molecule has 1 aliphatic heterocycles. The summed E-state index contributed by atoms with van der Waals surface area (Å²) in [7, 11) is 1.89. The Balaban J connectivity index is 1.41. The minimum Gasteiger partial charge on any atom is -0.380 e. The molecule has 1 fully saturated rings. The van der Waals surface area contributed by atoms with E-state index < -0.39 is 0 Å². The molecule has 6 heteroatoms. The van der Waals surface area contributed by atoms with Gasteiger partial charge in [-0.3, -0.25) is 9.48 Å². The maximum absolute atomic E-state index is 12.5. The van der Waals surface area contributed by atoms with Gasteiger partial charge >= 0.3 is 0 Å². The number of nitrogens with one attached hydrogen (secondary N) is 1. The fourth-order valence-electron chi connectivity index (χ4n) is 3.38. The minimum atomic E-state index is 0.191. The van der Waals surface area contributed by atoms with Crippen LogP contribution in [0, 0.1) is 0 Å². The number of amides is 1. The number of benzene rings is 1. The summed E-state index contributed by atoms with van der Waals surface area (Å²) in [5.74, 6) is 0.191. The second kappa shape index (κ2) is 6.55. The van der Waals surface area contributed by atoms with Crippen LogP contribution in [0.3, 0.4) is 0 Å². The number of aromatic nitrogens is 3. The van der Waals surface area contributed by atoms with Crippen molar-refractivity contribution < 1.29 is 4.79 Å². The number of aryl methyl sites for hydroxylation is 1. The van der Waals surface area contributed by atoms with Crippen molar-refractivity contribution in [3.8, 4) is 0 Å². The van der Waals surface area contributed by atoms with E-state index in [0.717, 1.165) is 41.8 Å². The molecule has 1 aliphatic rings. The van der Waals surface area contributed by atoms with Crippen LogP contribution in [0.15, 0.2) is 48.8 Å². The summed E-state index contributed by atoms with van der Waals surface area (Å²) >= 11 is 0. The topological polar surface area (TPSA) is 63.1 Å². The second-order valence-electron chi connectivity index (χ2n) is 6.50. The lowest BCUT2D eigenvalue weighted by Gasteiger charge is -2.18. The molecule has 1 amide bonds. The van der Waals surface area contributed by atoms with Gasteiger partial charge in [0.1, 0.15) is 0 Å². The largest absolute Gasteiger partial charge is 0.380 e. The maximum atomic E-state index is 12.5. The predicted molar refractivity (Wildman–Crippen MR) is 97.3 cm³/mol. The van der Waals surface area contributed by atoms with Crippen LogP contribution >= 0.6 is 0 Å². The molecule has 0 spiro atoms. The molecule has 128 valence electrons. The van der Waals surface area contributed by atoms with Crippen LogP contribution in [0.2, 0.25) is 0 Å². The van der Waals surface area contributed by atoms with E-state index in [1.165, 1.54) is 0 Å². The summed E-state index contributed by atoms with van der Waals surface area (Å²) in [6.45, 7) is 1.53. The number of carbonyl (C=O) groups is 1. The average Bonchev–Trinajstić information content (AvgIpc) is 3.24. The lowest BCUT2D eigenvalue weighted by Crippen LogP contribution is -2.32. The third-order valence-corrected chi connectivity index (χ3v) is 4.73. The van der Waals surface area contributed by atoms with Gasteiger partial charge in [-0.15, -0.1) is 0 Å². The molecule has 1 unspecified atom stereocenters. The summed E-state index contributed by atoms with van der Waals surface area (Å²) in [5.41, 5.74) is 2.95. The van der Waals surface area contributed by atoms with E-state index in [-0.39, 0.29) is 11.9 Å². The first-order valence-electron chi connectivity index (χ1n) is 8.55. The molecule has 3 aromatic rings. The van der Waals surface area contributed by atoms with Crippen LogP contribution < -0.4 is 5.32 Å². The third-order valence-electron chi connectivity index (χ3n) is 4.73. The number of hydrogen-bond donors (Lipinski definition) is 1. The van der Waals surface area contributed by atoms with E-state index in [0.29, 0.717) is 6.42 Å². The summed E-state index contributed by atoms with van der Waals surface area (Å²) in [5, 5.41) is 8.84. The van der Waals surface area contributed by atoms with E-state index >= 15 is 0 Å². The molecule has 0 aliphatic carbocycles. The van der Waals surface area contributed by atoms with Gasteiger partial charge in [0.05, 0.1) is 18.0 Å². The van der Waals surface area contributed by atoms with Gasteiger partial charge in [-0.25, -0.2) is 4.98 Å². The molecule has 3 heterocycles. The van der Waals surface area contributed by atoms with Gasteiger partial charge in [0.25, 0.3) is 0 Å². The van der Waals surface area contributed by atoms with Gasteiger partial charge in [0, 0.05) is 38.1 Å². The van der Waals surface area contributed by atoms with Crippen LogP contribution in [0.25, 0.3) is 11.0 Å². The fraction of sp³-hybridized carbons (Fsp3) is 0.316. The number of pyridine rings is 1. The van der Waals surface area contributed by atoms with Crippen LogP contribution in [0.5, 0.6) is 0 Å². The van der Waals surface area contributed by atoms with E-state index in [1.807, 2.05) is 54.5 Å². The van der Waals surface area contributed by atoms with Crippen LogP contribution in [-0.4, -0.2) is 44.7 Å². The van der Waals surface area contributed by atoms with Gasteiger partial charge in [-0.1, -0.05) is 30.3 Å². The average molecular weight is 335 g/mol. The molecule has 6 nitrogen and oxygen atoms in total. The van der Waals surface area contributed by atoms with Gasteiger partial charge in [0.2, 0.25) is 5.91 Å². The standard InChI is InChI=1S/C19H21N5O/c1-23-19-16(12-21-23)17(7-9-20-19)22-15-8-10-24(13-15)18(25)11-14-5-3-2-4-6-14/h2-7,9,12,15H,8,10-11,13H2,1H3,(H,20,22). The number of hydrogen-bond acceptors (Lipinski definition) is 4. The van der Waals surface area contributed by atoms with Crippen LogP contribution in [0.1, 0.15) is 12.0 Å². The van der Waals surface area contributed by atoms with Crippen molar-refractivity contribution in [2.45, 2.75) is 18.9 Å². The quantitative estimate of drug-likeness (QED) is 0.794. The summed E-state index contributed by atoms with van der Waals surface area (Å²) in [4.78, 5) is 18.8. The molecule has 1 saturated heterocycles. The third kappa shape index (κ3) is 3.20. The van der Waals surface area contributed by atoms with Gasteiger partial charge in [-0.05, 0) is 18.1 Å². The second-order valence-corrected chi connectivity index (χ2v) is 6.50.